The first-order chi connectivity index (χ1) is 8.66. The Hall–Kier alpha value is -1.09. The van der Waals surface area contributed by atoms with Gasteiger partial charge in [-0.1, -0.05) is 19.9 Å². The zero-order valence-electron chi connectivity index (χ0n) is 11.8. The third kappa shape index (κ3) is 3.45. The van der Waals surface area contributed by atoms with Crippen LogP contribution in [-0.2, 0) is 0 Å². The lowest BCUT2D eigenvalue weighted by atomic mass is 10.0. The molecule has 1 fully saturated rings. The largest absolute Gasteiger partial charge is 0.357 e. The van der Waals surface area contributed by atoms with Crippen LogP contribution in [0.4, 0.5) is 5.82 Å². The summed E-state index contributed by atoms with van der Waals surface area (Å²) in [5.41, 5.74) is 0. The molecule has 1 aromatic rings. The van der Waals surface area contributed by atoms with Crippen molar-refractivity contribution in [1.82, 2.24) is 10.3 Å². The van der Waals surface area contributed by atoms with E-state index in [4.69, 9.17) is 0 Å². The second kappa shape index (κ2) is 6.19. The molecule has 1 unspecified atom stereocenters. The second-order valence-electron chi connectivity index (χ2n) is 5.65. The average molecular weight is 247 g/mol. The van der Waals surface area contributed by atoms with Crippen molar-refractivity contribution in [3.63, 3.8) is 0 Å². The molecule has 1 atom stereocenters. The summed E-state index contributed by atoms with van der Waals surface area (Å²) in [6.45, 7) is 9.07. The number of aromatic nitrogens is 1. The van der Waals surface area contributed by atoms with Crippen molar-refractivity contribution in [2.75, 3.05) is 18.0 Å². The molecule has 1 saturated heterocycles. The number of nitrogens with one attached hydrogen (secondary N) is 1. The van der Waals surface area contributed by atoms with Gasteiger partial charge in [0.25, 0.3) is 0 Å². The van der Waals surface area contributed by atoms with E-state index >= 15 is 0 Å². The third-order valence-corrected chi connectivity index (χ3v) is 3.97. The third-order valence-electron chi connectivity index (χ3n) is 3.97. The molecule has 18 heavy (non-hydrogen) atoms. The Morgan fingerprint density at radius 1 is 1.22 bits per heavy atom. The van der Waals surface area contributed by atoms with Gasteiger partial charge < -0.3 is 10.2 Å². The molecule has 1 aromatic heterocycles. The highest BCUT2D eigenvalue weighted by molar-refractivity contribution is 5.38. The van der Waals surface area contributed by atoms with E-state index < -0.39 is 0 Å². The number of nitrogens with zero attached hydrogens (tertiary/aromatic N) is 2. The Morgan fingerprint density at radius 2 is 1.94 bits per heavy atom. The predicted molar refractivity (Wildman–Crippen MR) is 76.9 cm³/mol. The Kier molecular flexibility index (Phi) is 4.59. The van der Waals surface area contributed by atoms with Crippen LogP contribution in [0.1, 0.15) is 33.6 Å². The van der Waals surface area contributed by atoms with Crippen LogP contribution >= 0.6 is 0 Å². The molecule has 1 aliphatic heterocycles. The van der Waals surface area contributed by atoms with Crippen molar-refractivity contribution in [1.29, 1.82) is 0 Å². The van der Waals surface area contributed by atoms with Gasteiger partial charge in [0.1, 0.15) is 5.82 Å². The van der Waals surface area contributed by atoms with Crippen molar-refractivity contribution >= 4 is 5.82 Å². The van der Waals surface area contributed by atoms with E-state index in [-0.39, 0.29) is 0 Å². The van der Waals surface area contributed by atoms with Crippen LogP contribution in [-0.4, -0.2) is 30.2 Å². The first-order valence-electron chi connectivity index (χ1n) is 7.09. The molecule has 0 spiro atoms. The quantitative estimate of drug-likeness (QED) is 0.886. The monoisotopic (exact) mass is 247 g/mol. The Morgan fingerprint density at radius 3 is 2.50 bits per heavy atom. The molecule has 2 heterocycles. The molecule has 1 aliphatic rings. The van der Waals surface area contributed by atoms with Crippen LogP contribution in [0, 0.1) is 5.92 Å². The summed E-state index contributed by atoms with van der Waals surface area (Å²) in [5.74, 6) is 1.83. The van der Waals surface area contributed by atoms with E-state index in [1.165, 1.54) is 12.8 Å². The molecular weight excluding hydrogens is 222 g/mol. The van der Waals surface area contributed by atoms with E-state index in [1.54, 1.807) is 0 Å². The van der Waals surface area contributed by atoms with Crippen molar-refractivity contribution in [3.05, 3.63) is 24.4 Å². The number of rotatable bonds is 4. The lowest BCUT2D eigenvalue weighted by Gasteiger charge is -2.35. The molecule has 0 saturated carbocycles. The van der Waals surface area contributed by atoms with Crippen LogP contribution in [0.3, 0.4) is 0 Å². The van der Waals surface area contributed by atoms with Crippen LogP contribution in [0.15, 0.2) is 24.4 Å². The molecule has 2 rings (SSSR count). The Balaban J connectivity index is 1.81. The molecule has 3 heteroatoms. The van der Waals surface area contributed by atoms with Crippen molar-refractivity contribution in [2.24, 2.45) is 5.92 Å². The smallest absolute Gasteiger partial charge is 0.128 e. The summed E-state index contributed by atoms with van der Waals surface area (Å²) in [4.78, 5) is 6.81. The maximum Gasteiger partial charge on any atom is 0.128 e. The SMILES string of the molecule is CC(C)C(C)NC1CCN(c2ccccn2)CC1. The van der Waals surface area contributed by atoms with Gasteiger partial charge in [0.05, 0.1) is 0 Å². The van der Waals surface area contributed by atoms with E-state index in [2.05, 4.69) is 48.1 Å². The maximum absolute atomic E-state index is 4.42. The van der Waals surface area contributed by atoms with Gasteiger partial charge in [-0.3, -0.25) is 0 Å². The molecule has 1 N–H and O–H groups in total. The van der Waals surface area contributed by atoms with Crippen LogP contribution in [0.5, 0.6) is 0 Å². The number of hydrogen-bond acceptors (Lipinski definition) is 3. The lowest BCUT2D eigenvalue weighted by Crippen LogP contribution is -2.47. The molecule has 0 radical (unpaired) electrons. The fourth-order valence-electron chi connectivity index (χ4n) is 2.38. The van der Waals surface area contributed by atoms with Crippen molar-refractivity contribution in [2.45, 2.75) is 45.7 Å². The minimum absolute atomic E-state index is 0.608. The predicted octanol–water partition coefficient (Wildman–Crippen LogP) is 2.68. The Labute approximate surface area is 111 Å². The van der Waals surface area contributed by atoms with E-state index in [9.17, 15) is 0 Å². The fourth-order valence-corrected chi connectivity index (χ4v) is 2.38. The summed E-state index contributed by atoms with van der Waals surface area (Å²) in [7, 11) is 0. The summed E-state index contributed by atoms with van der Waals surface area (Å²) in [6.07, 6.45) is 4.31. The van der Waals surface area contributed by atoms with Crippen LogP contribution < -0.4 is 10.2 Å². The summed E-state index contributed by atoms with van der Waals surface area (Å²) >= 11 is 0. The highest BCUT2D eigenvalue weighted by Crippen LogP contribution is 2.18. The normalized spacial score (nSPS) is 19.2. The number of piperidine rings is 1. The fraction of sp³-hybridized carbons (Fsp3) is 0.667. The van der Waals surface area contributed by atoms with Crippen molar-refractivity contribution in [3.8, 4) is 0 Å². The van der Waals surface area contributed by atoms with E-state index in [0.29, 0.717) is 18.0 Å². The van der Waals surface area contributed by atoms with Gasteiger partial charge in [-0.2, -0.15) is 0 Å². The molecular formula is C15H25N3. The summed E-state index contributed by atoms with van der Waals surface area (Å²) in [6, 6.07) is 7.42. The van der Waals surface area contributed by atoms with Crippen molar-refractivity contribution < 1.29 is 0 Å². The lowest BCUT2D eigenvalue weighted by molar-refractivity contribution is 0.331. The average Bonchev–Trinajstić information content (AvgIpc) is 2.40. The zero-order chi connectivity index (χ0) is 13.0. The van der Waals surface area contributed by atoms with E-state index in [1.807, 2.05) is 12.3 Å². The van der Waals surface area contributed by atoms with Crippen LogP contribution in [0.25, 0.3) is 0 Å². The molecule has 3 nitrogen and oxygen atoms in total. The first-order valence-corrected chi connectivity index (χ1v) is 7.09. The van der Waals surface area contributed by atoms with Gasteiger partial charge in [0, 0.05) is 31.4 Å². The Bertz CT molecular complexity index is 342. The number of anilines is 1. The van der Waals surface area contributed by atoms with Gasteiger partial charge in [-0.15, -0.1) is 0 Å². The van der Waals surface area contributed by atoms with Crippen LogP contribution in [0.2, 0.25) is 0 Å². The molecule has 0 amide bonds. The molecule has 0 bridgehead atoms. The first kappa shape index (κ1) is 13.3. The highest BCUT2D eigenvalue weighted by atomic mass is 15.2. The molecule has 100 valence electrons. The summed E-state index contributed by atoms with van der Waals surface area (Å²) in [5, 5.41) is 3.74. The highest BCUT2D eigenvalue weighted by Gasteiger charge is 2.21. The van der Waals surface area contributed by atoms with E-state index in [0.717, 1.165) is 18.9 Å². The van der Waals surface area contributed by atoms with Gasteiger partial charge in [-0.25, -0.2) is 4.98 Å². The minimum Gasteiger partial charge on any atom is -0.357 e. The number of pyridine rings is 1. The zero-order valence-corrected chi connectivity index (χ0v) is 11.8. The van der Waals surface area contributed by atoms with Gasteiger partial charge >= 0.3 is 0 Å². The topological polar surface area (TPSA) is 28.2 Å². The molecule has 0 aromatic carbocycles. The number of hydrogen-bond donors (Lipinski definition) is 1. The minimum atomic E-state index is 0.608. The standard InChI is InChI=1S/C15H25N3/c1-12(2)13(3)17-14-7-10-18(11-8-14)15-6-4-5-9-16-15/h4-6,9,12-14,17H,7-8,10-11H2,1-3H3. The van der Waals surface area contributed by atoms with Gasteiger partial charge in [0.15, 0.2) is 0 Å². The van der Waals surface area contributed by atoms with Gasteiger partial charge in [0.2, 0.25) is 0 Å². The second-order valence-corrected chi connectivity index (χ2v) is 5.65. The molecule has 0 aliphatic carbocycles. The summed E-state index contributed by atoms with van der Waals surface area (Å²) < 4.78 is 0. The maximum atomic E-state index is 4.42. The van der Waals surface area contributed by atoms with Gasteiger partial charge in [-0.05, 0) is 37.8 Å².